The minimum atomic E-state index is -0.259. The molecule has 0 spiro atoms. The number of rotatable bonds is 5. The first-order chi connectivity index (χ1) is 13.6. The maximum atomic E-state index is 11.8. The van der Waals surface area contributed by atoms with E-state index in [9.17, 15) is 4.79 Å². The topological polar surface area (TPSA) is 71.4 Å². The first kappa shape index (κ1) is 18.1. The fraction of sp³-hybridized carbons (Fsp3) is 0.0909. The second-order valence-electron chi connectivity index (χ2n) is 6.23. The predicted molar refractivity (Wildman–Crippen MR) is 113 cm³/mol. The first-order valence-electron chi connectivity index (χ1n) is 8.71. The lowest BCUT2D eigenvalue weighted by Gasteiger charge is -2.13. The molecule has 1 heterocycles. The third-order valence-electron chi connectivity index (χ3n) is 4.41. The highest BCUT2D eigenvalue weighted by molar-refractivity contribution is 8.18. The second kappa shape index (κ2) is 7.78. The molecule has 6 heteroatoms. The Kier molecular flexibility index (Phi) is 5.04. The van der Waals surface area contributed by atoms with E-state index in [1.165, 1.54) is 5.39 Å². The van der Waals surface area contributed by atoms with Gasteiger partial charge in [-0.05, 0) is 51.9 Å². The van der Waals surface area contributed by atoms with Crippen LogP contribution < -0.4 is 14.8 Å². The van der Waals surface area contributed by atoms with Crippen LogP contribution in [0.1, 0.15) is 11.1 Å². The highest BCUT2D eigenvalue weighted by atomic mass is 32.2. The number of amidine groups is 1. The molecular weight excluding hydrogens is 372 g/mol. The summed E-state index contributed by atoms with van der Waals surface area (Å²) >= 11 is 1.11. The van der Waals surface area contributed by atoms with E-state index in [1.54, 1.807) is 13.2 Å². The van der Waals surface area contributed by atoms with Gasteiger partial charge in [-0.3, -0.25) is 10.2 Å². The molecule has 2 N–H and O–H groups in total. The smallest absolute Gasteiger partial charge is 0.264 e. The summed E-state index contributed by atoms with van der Waals surface area (Å²) in [5.74, 6) is 0.965. The number of hydrogen-bond acceptors (Lipinski definition) is 5. The van der Waals surface area contributed by atoms with Gasteiger partial charge in [0.2, 0.25) is 0 Å². The molecule has 1 fully saturated rings. The van der Waals surface area contributed by atoms with Gasteiger partial charge in [0.1, 0.15) is 6.61 Å². The molecule has 1 amide bonds. The molecule has 1 aliphatic heterocycles. The predicted octanol–water partition coefficient (Wildman–Crippen LogP) is 4.57. The van der Waals surface area contributed by atoms with Crippen molar-refractivity contribution in [2.24, 2.45) is 0 Å². The lowest BCUT2D eigenvalue weighted by atomic mass is 10.1. The van der Waals surface area contributed by atoms with Gasteiger partial charge in [-0.2, -0.15) is 0 Å². The quantitative estimate of drug-likeness (QED) is 0.626. The number of carbonyl (C=O) groups is 1. The largest absolute Gasteiger partial charge is 0.493 e. The van der Waals surface area contributed by atoms with Gasteiger partial charge < -0.3 is 14.8 Å². The fourth-order valence-corrected chi connectivity index (χ4v) is 3.76. The van der Waals surface area contributed by atoms with Crippen LogP contribution in [0.4, 0.5) is 0 Å². The number of ether oxygens (including phenoxy) is 2. The monoisotopic (exact) mass is 390 g/mol. The van der Waals surface area contributed by atoms with Crippen molar-refractivity contribution in [2.45, 2.75) is 6.61 Å². The SMILES string of the molecule is COc1cc(/C=C2\SC(=N)NC2=O)ccc1OCc1cccc2ccccc12. The lowest BCUT2D eigenvalue weighted by Crippen LogP contribution is -2.18. The Morgan fingerprint density at radius 3 is 2.68 bits per heavy atom. The lowest BCUT2D eigenvalue weighted by molar-refractivity contribution is -0.115. The number of nitrogens with one attached hydrogen (secondary N) is 2. The van der Waals surface area contributed by atoms with E-state index in [2.05, 4.69) is 29.6 Å². The number of methoxy groups -OCH3 is 1. The second-order valence-corrected chi connectivity index (χ2v) is 7.28. The summed E-state index contributed by atoms with van der Waals surface area (Å²) in [4.78, 5) is 12.3. The molecule has 0 aliphatic carbocycles. The summed E-state index contributed by atoms with van der Waals surface area (Å²) in [7, 11) is 1.59. The third kappa shape index (κ3) is 3.73. The molecule has 140 valence electrons. The first-order valence-corrected chi connectivity index (χ1v) is 9.52. The molecule has 4 rings (SSSR count). The zero-order chi connectivity index (χ0) is 19.5. The molecule has 1 saturated heterocycles. The Balaban J connectivity index is 1.56. The molecule has 0 unspecified atom stereocenters. The van der Waals surface area contributed by atoms with E-state index in [0.717, 1.165) is 28.3 Å². The number of benzene rings is 3. The Morgan fingerprint density at radius 1 is 1.07 bits per heavy atom. The van der Waals surface area contributed by atoms with Crippen molar-refractivity contribution >= 4 is 39.7 Å². The number of carbonyl (C=O) groups excluding carboxylic acids is 1. The summed E-state index contributed by atoms with van der Waals surface area (Å²) in [5, 5.41) is 12.5. The van der Waals surface area contributed by atoms with Crippen molar-refractivity contribution in [3.63, 3.8) is 0 Å². The van der Waals surface area contributed by atoms with Crippen LogP contribution in [0.2, 0.25) is 0 Å². The summed E-state index contributed by atoms with van der Waals surface area (Å²) in [6, 6.07) is 19.9. The molecule has 28 heavy (non-hydrogen) atoms. The summed E-state index contributed by atoms with van der Waals surface area (Å²) in [6.07, 6.45) is 1.73. The fourth-order valence-electron chi connectivity index (χ4n) is 3.06. The van der Waals surface area contributed by atoms with Crippen LogP contribution in [0.3, 0.4) is 0 Å². The van der Waals surface area contributed by atoms with Crippen LogP contribution >= 0.6 is 11.8 Å². The van der Waals surface area contributed by atoms with Gasteiger partial charge >= 0.3 is 0 Å². The van der Waals surface area contributed by atoms with Crippen molar-refractivity contribution in [1.82, 2.24) is 5.32 Å². The Bertz CT molecular complexity index is 1100. The summed E-state index contributed by atoms with van der Waals surface area (Å²) in [6.45, 7) is 0.424. The van der Waals surface area contributed by atoms with Crippen LogP contribution in [-0.4, -0.2) is 18.2 Å². The molecular formula is C22H18N2O3S. The number of amides is 1. The molecule has 1 aliphatic rings. The molecule has 0 radical (unpaired) electrons. The van der Waals surface area contributed by atoms with Crippen molar-refractivity contribution in [3.8, 4) is 11.5 Å². The average molecular weight is 390 g/mol. The van der Waals surface area contributed by atoms with Gasteiger partial charge in [0.25, 0.3) is 5.91 Å². The molecule has 3 aromatic rings. The van der Waals surface area contributed by atoms with Crippen LogP contribution in [-0.2, 0) is 11.4 Å². The number of hydrogen-bond donors (Lipinski definition) is 2. The zero-order valence-corrected chi connectivity index (χ0v) is 16.0. The van der Waals surface area contributed by atoms with E-state index in [4.69, 9.17) is 14.9 Å². The van der Waals surface area contributed by atoms with Crippen molar-refractivity contribution in [3.05, 3.63) is 76.7 Å². The van der Waals surface area contributed by atoms with E-state index < -0.39 is 0 Å². The Morgan fingerprint density at radius 2 is 1.89 bits per heavy atom. The van der Waals surface area contributed by atoms with Crippen molar-refractivity contribution < 1.29 is 14.3 Å². The third-order valence-corrected chi connectivity index (χ3v) is 5.24. The summed E-state index contributed by atoms with van der Waals surface area (Å²) in [5.41, 5.74) is 1.91. The van der Waals surface area contributed by atoms with E-state index in [-0.39, 0.29) is 11.1 Å². The van der Waals surface area contributed by atoms with Gasteiger partial charge in [0, 0.05) is 0 Å². The van der Waals surface area contributed by atoms with Crippen LogP contribution in [0, 0.1) is 5.41 Å². The van der Waals surface area contributed by atoms with Gasteiger partial charge in [-0.15, -0.1) is 0 Å². The minimum Gasteiger partial charge on any atom is -0.493 e. The van der Waals surface area contributed by atoms with Gasteiger partial charge in [-0.25, -0.2) is 0 Å². The number of fused-ring (bicyclic) bond motifs is 1. The Hall–Kier alpha value is -3.25. The zero-order valence-electron chi connectivity index (χ0n) is 15.2. The maximum Gasteiger partial charge on any atom is 0.264 e. The highest BCUT2D eigenvalue weighted by Crippen LogP contribution is 2.32. The Labute approximate surface area is 166 Å². The average Bonchev–Trinajstić information content (AvgIpc) is 3.03. The summed E-state index contributed by atoms with van der Waals surface area (Å²) < 4.78 is 11.5. The van der Waals surface area contributed by atoms with Crippen LogP contribution in [0.25, 0.3) is 16.8 Å². The van der Waals surface area contributed by atoms with Crippen molar-refractivity contribution in [1.29, 1.82) is 5.41 Å². The molecule has 5 nitrogen and oxygen atoms in total. The minimum absolute atomic E-state index is 0.137. The van der Waals surface area contributed by atoms with Crippen molar-refractivity contribution in [2.75, 3.05) is 7.11 Å². The molecule has 0 atom stereocenters. The van der Waals surface area contributed by atoms with E-state index >= 15 is 0 Å². The van der Waals surface area contributed by atoms with E-state index in [1.807, 2.05) is 36.4 Å². The molecule has 3 aromatic carbocycles. The van der Waals surface area contributed by atoms with Gasteiger partial charge in [-0.1, -0.05) is 48.5 Å². The standard InChI is InChI=1S/C22H18N2O3S/c1-26-19-11-14(12-20-21(25)24-22(23)28-20)9-10-18(19)27-13-16-7-4-6-15-5-2-3-8-17(15)16/h2-12H,13H2,1H3,(H2,23,24,25)/b20-12-. The molecule has 0 aromatic heterocycles. The molecule has 0 saturated carbocycles. The maximum absolute atomic E-state index is 11.8. The van der Waals surface area contributed by atoms with Gasteiger partial charge in [0.05, 0.1) is 12.0 Å². The van der Waals surface area contributed by atoms with Crippen LogP contribution in [0.5, 0.6) is 11.5 Å². The molecule has 0 bridgehead atoms. The normalized spacial score (nSPS) is 15.1. The van der Waals surface area contributed by atoms with E-state index in [0.29, 0.717) is 23.0 Å². The highest BCUT2D eigenvalue weighted by Gasteiger charge is 2.22. The van der Waals surface area contributed by atoms with Crippen LogP contribution in [0.15, 0.2) is 65.6 Å². The van der Waals surface area contributed by atoms with Gasteiger partial charge in [0.15, 0.2) is 16.7 Å². The number of thioether (sulfide) groups is 1.